The van der Waals surface area contributed by atoms with E-state index in [9.17, 15) is 9.90 Å². The molecule has 1 saturated heterocycles. The molecule has 0 radical (unpaired) electrons. The summed E-state index contributed by atoms with van der Waals surface area (Å²) in [5.41, 5.74) is 0.422. The first kappa shape index (κ1) is 15.9. The molecular weight excluding hydrogens is 318 g/mol. The van der Waals surface area contributed by atoms with Gasteiger partial charge in [0, 0.05) is 24.7 Å². The molecule has 122 valence electrons. The molecule has 1 amide bonds. The van der Waals surface area contributed by atoms with Crippen LogP contribution in [0.4, 0.5) is 0 Å². The van der Waals surface area contributed by atoms with Crippen LogP contribution in [0.5, 0.6) is 0 Å². The number of halogens is 1. The largest absolute Gasteiger partial charge is 0.382 e. The number of carbonyl (C=O) groups excluding carboxylic acids is 1. The van der Waals surface area contributed by atoms with Crippen LogP contribution in [0.15, 0.2) is 30.5 Å². The lowest BCUT2D eigenvalue weighted by Crippen LogP contribution is -2.38. The summed E-state index contributed by atoms with van der Waals surface area (Å²) in [4.78, 5) is 14.0. The van der Waals surface area contributed by atoms with Crippen molar-refractivity contribution in [3.8, 4) is 0 Å². The first-order valence-electron chi connectivity index (χ1n) is 7.37. The molecule has 2 heterocycles. The van der Waals surface area contributed by atoms with E-state index >= 15 is 0 Å². The van der Waals surface area contributed by atoms with Crippen molar-refractivity contribution >= 4 is 17.5 Å². The van der Waals surface area contributed by atoms with Crippen LogP contribution in [0.3, 0.4) is 0 Å². The number of hydrogen-bond acceptors (Lipinski definition) is 5. The standard InChI is InChI=1S/C15H18ClN5O2/c16-12-3-1-2-11(6-12)7-17-14(22)9-21-5-4-15(23,10-21)13-8-18-20-19-13/h1-3,6,8,23H,4-5,7,9-10H2,(H,17,22)(H,18,19,20). The molecule has 0 saturated carbocycles. The Morgan fingerprint density at radius 2 is 2.39 bits per heavy atom. The lowest BCUT2D eigenvalue weighted by molar-refractivity contribution is -0.122. The van der Waals surface area contributed by atoms with Gasteiger partial charge in [-0.05, 0) is 24.1 Å². The second-order valence-electron chi connectivity index (χ2n) is 5.75. The first-order chi connectivity index (χ1) is 11.0. The number of nitrogens with one attached hydrogen (secondary N) is 2. The second-order valence-corrected chi connectivity index (χ2v) is 6.19. The van der Waals surface area contributed by atoms with Gasteiger partial charge in [-0.1, -0.05) is 23.7 Å². The third kappa shape index (κ3) is 3.87. The van der Waals surface area contributed by atoms with Crippen molar-refractivity contribution in [2.24, 2.45) is 0 Å². The molecule has 1 aliphatic rings. The van der Waals surface area contributed by atoms with Crippen molar-refractivity contribution in [3.63, 3.8) is 0 Å². The van der Waals surface area contributed by atoms with Gasteiger partial charge in [-0.3, -0.25) is 9.69 Å². The molecule has 3 rings (SSSR count). The summed E-state index contributed by atoms with van der Waals surface area (Å²) in [6.07, 6.45) is 2.05. The molecule has 0 spiro atoms. The van der Waals surface area contributed by atoms with E-state index in [0.29, 0.717) is 36.8 Å². The average Bonchev–Trinajstić information content (AvgIpc) is 3.16. The molecule has 1 unspecified atom stereocenters. The normalized spacial score (nSPS) is 21.5. The Balaban J connectivity index is 1.49. The van der Waals surface area contributed by atoms with E-state index in [0.717, 1.165) is 5.56 Å². The van der Waals surface area contributed by atoms with Crippen LogP contribution < -0.4 is 5.32 Å². The highest BCUT2D eigenvalue weighted by Gasteiger charge is 2.40. The third-order valence-electron chi connectivity index (χ3n) is 3.96. The first-order valence-corrected chi connectivity index (χ1v) is 7.75. The predicted molar refractivity (Wildman–Crippen MR) is 84.6 cm³/mol. The average molecular weight is 336 g/mol. The zero-order valence-electron chi connectivity index (χ0n) is 12.5. The van der Waals surface area contributed by atoms with Crippen LogP contribution in [0.1, 0.15) is 17.7 Å². The maximum absolute atomic E-state index is 12.1. The highest BCUT2D eigenvalue weighted by atomic mass is 35.5. The van der Waals surface area contributed by atoms with E-state index < -0.39 is 5.60 Å². The Morgan fingerprint density at radius 3 is 3.13 bits per heavy atom. The minimum atomic E-state index is -1.04. The van der Waals surface area contributed by atoms with Crippen molar-refractivity contribution in [3.05, 3.63) is 46.7 Å². The summed E-state index contributed by atoms with van der Waals surface area (Å²) in [6, 6.07) is 7.37. The molecule has 1 aromatic carbocycles. The van der Waals surface area contributed by atoms with E-state index in [1.54, 1.807) is 6.07 Å². The van der Waals surface area contributed by atoms with Crippen molar-refractivity contribution in [1.82, 2.24) is 25.6 Å². The molecule has 1 aliphatic heterocycles. The summed E-state index contributed by atoms with van der Waals surface area (Å²) < 4.78 is 0. The Bertz CT molecular complexity index is 678. The summed E-state index contributed by atoms with van der Waals surface area (Å²) in [6.45, 7) is 1.67. The fraction of sp³-hybridized carbons (Fsp3) is 0.400. The zero-order chi connectivity index (χ0) is 16.3. The van der Waals surface area contributed by atoms with Gasteiger partial charge in [0.1, 0.15) is 11.3 Å². The number of carbonyl (C=O) groups is 1. The molecular formula is C15H18ClN5O2. The minimum Gasteiger partial charge on any atom is -0.382 e. The predicted octanol–water partition coefficient (Wildman–Crippen LogP) is 0.668. The Hall–Kier alpha value is -1.96. The number of amides is 1. The third-order valence-corrected chi connectivity index (χ3v) is 4.20. The van der Waals surface area contributed by atoms with Crippen molar-refractivity contribution in [2.45, 2.75) is 18.6 Å². The topological polar surface area (TPSA) is 94.1 Å². The Labute approximate surface area is 138 Å². The quantitative estimate of drug-likeness (QED) is 0.746. The van der Waals surface area contributed by atoms with Gasteiger partial charge in [-0.15, -0.1) is 0 Å². The van der Waals surface area contributed by atoms with Crippen LogP contribution >= 0.6 is 11.6 Å². The molecule has 1 fully saturated rings. The van der Waals surface area contributed by atoms with Crippen LogP contribution in [-0.2, 0) is 16.9 Å². The molecule has 2 aromatic rings. The summed E-state index contributed by atoms with van der Waals surface area (Å²) >= 11 is 5.92. The number of likely N-dealkylation sites (tertiary alicyclic amines) is 1. The van der Waals surface area contributed by atoms with Crippen molar-refractivity contribution < 1.29 is 9.90 Å². The molecule has 3 N–H and O–H groups in total. The van der Waals surface area contributed by atoms with Gasteiger partial charge in [-0.25, -0.2) is 0 Å². The second kappa shape index (κ2) is 6.66. The van der Waals surface area contributed by atoms with Gasteiger partial charge in [0.2, 0.25) is 5.91 Å². The number of rotatable bonds is 5. The maximum Gasteiger partial charge on any atom is 0.234 e. The molecule has 0 bridgehead atoms. The monoisotopic (exact) mass is 335 g/mol. The van der Waals surface area contributed by atoms with Gasteiger partial charge in [0.15, 0.2) is 0 Å². The van der Waals surface area contributed by atoms with Crippen molar-refractivity contribution in [2.75, 3.05) is 19.6 Å². The summed E-state index contributed by atoms with van der Waals surface area (Å²) in [7, 11) is 0. The number of hydrogen-bond donors (Lipinski definition) is 3. The van der Waals surface area contributed by atoms with E-state index in [-0.39, 0.29) is 12.5 Å². The number of aliphatic hydroxyl groups is 1. The van der Waals surface area contributed by atoms with Gasteiger partial charge in [0.05, 0.1) is 12.7 Å². The SMILES string of the molecule is O=C(CN1CCC(O)(c2cn[nH]n2)C1)NCc1cccc(Cl)c1. The number of benzene rings is 1. The lowest BCUT2D eigenvalue weighted by atomic mass is 10.0. The van der Waals surface area contributed by atoms with E-state index in [1.807, 2.05) is 23.1 Å². The Kier molecular flexibility index (Phi) is 4.61. The van der Waals surface area contributed by atoms with E-state index in [1.165, 1.54) is 6.20 Å². The molecule has 8 heteroatoms. The number of nitrogens with zero attached hydrogens (tertiary/aromatic N) is 3. The van der Waals surface area contributed by atoms with Crippen molar-refractivity contribution in [1.29, 1.82) is 0 Å². The van der Waals surface area contributed by atoms with Crippen LogP contribution in [-0.4, -0.2) is 51.0 Å². The van der Waals surface area contributed by atoms with Crippen LogP contribution in [0.25, 0.3) is 0 Å². The van der Waals surface area contributed by atoms with Crippen LogP contribution in [0.2, 0.25) is 5.02 Å². The maximum atomic E-state index is 12.1. The zero-order valence-corrected chi connectivity index (χ0v) is 13.3. The highest BCUT2D eigenvalue weighted by Crippen LogP contribution is 2.29. The van der Waals surface area contributed by atoms with Gasteiger partial charge >= 0.3 is 0 Å². The number of β-amino-alcohol motifs (C(OH)–C–C–N with tert-alkyl or cyclic N) is 1. The van der Waals surface area contributed by atoms with E-state index in [4.69, 9.17) is 11.6 Å². The fourth-order valence-corrected chi connectivity index (χ4v) is 2.96. The fourth-order valence-electron chi connectivity index (χ4n) is 2.75. The number of H-pyrrole nitrogens is 1. The lowest BCUT2D eigenvalue weighted by Gasteiger charge is -2.20. The van der Waals surface area contributed by atoms with E-state index in [2.05, 4.69) is 20.7 Å². The number of aromatic nitrogens is 3. The molecule has 1 atom stereocenters. The highest BCUT2D eigenvalue weighted by molar-refractivity contribution is 6.30. The summed E-state index contributed by atoms with van der Waals surface area (Å²) in [5, 5.41) is 24.2. The van der Waals surface area contributed by atoms with Gasteiger partial charge in [-0.2, -0.15) is 15.4 Å². The summed E-state index contributed by atoms with van der Waals surface area (Å²) in [5.74, 6) is -0.0885. The smallest absolute Gasteiger partial charge is 0.234 e. The van der Waals surface area contributed by atoms with Gasteiger partial charge < -0.3 is 10.4 Å². The Morgan fingerprint density at radius 1 is 1.52 bits per heavy atom. The minimum absolute atomic E-state index is 0.0885. The molecule has 0 aliphatic carbocycles. The van der Waals surface area contributed by atoms with Crippen LogP contribution in [0, 0.1) is 0 Å². The molecule has 1 aromatic heterocycles. The molecule has 7 nitrogen and oxygen atoms in total. The molecule has 23 heavy (non-hydrogen) atoms. The number of aromatic amines is 1. The van der Waals surface area contributed by atoms with Gasteiger partial charge in [0.25, 0.3) is 0 Å².